The molecule has 2 heteroatoms. The number of rotatable bonds is 0. The second kappa shape index (κ2) is 6.35. The average molecular weight is 457 g/mol. The number of fused-ring (bicyclic) bond motifs is 15. The number of aromatic nitrogens is 2. The Morgan fingerprint density at radius 1 is 0.556 bits per heavy atom. The van der Waals surface area contributed by atoms with Crippen LogP contribution in [0.3, 0.4) is 0 Å². The minimum atomic E-state index is -0.337. The molecule has 0 bridgehead atoms. The van der Waals surface area contributed by atoms with Crippen molar-refractivity contribution in [3.8, 4) is 33.5 Å². The van der Waals surface area contributed by atoms with Crippen molar-refractivity contribution in [2.45, 2.75) is 11.8 Å². The Morgan fingerprint density at radius 2 is 1.31 bits per heavy atom. The van der Waals surface area contributed by atoms with Crippen molar-refractivity contribution in [1.29, 1.82) is 0 Å². The monoisotopic (exact) mass is 456 g/mol. The van der Waals surface area contributed by atoms with Gasteiger partial charge in [0.05, 0.1) is 16.6 Å². The van der Waals surface area contributed by atoms with E-state index in [1.54, 1.807) is 0 Å². The number of para-hydroxylation sites is 1. The molecule has 0 radical (unpaired) electrons. The number of benzene rings is 4. The van der Waals surface area contributed by atoms with E-state index in [2.05, 4.69) is 103 Å². The van der Waals surface area contributed by atoms with Crippen molar-refractivity contribution in [3.63, 3.8) is 0 Å². The van der Waals surface area contributed by atoms with Crippen LogP contribution in [0.15, 0.2) is 109 Å². The molecule has 36 heavy (non-hydrogen) atoms. The van der Waals surface area contributed by atoms with E-state index < -0.39 is 0 Å². The summed E-state index contributed by atoms with van der Waals surface area (Å²) in [5.74, 6) is 0. The Kier molecular flexibility index (Phi) is 3.31. The minimum absolute atomic E-state index is 0.337. The molecule has 4 aromatic carbocycles. The molecule has 166 valence electrons. The lowest BCUT2D eigenvalue weighted by Crippen LogP contribution is -2.26. The maximum atomic E-state index is 4.90. The van der Waals surface area contributed by atoms with Gasteiger partial charge < -0.3 is 0 Å². The Morgan fingerprint density at radius 3 is 2.22 bits per heavy atom. The second-order valence-corrected chi connectivity index (χ2v) is 10.1. The standard InChI is InChI=1S/C34H20N2/c1-4-11-27-22(8-1)26-18-25-20(16-21-19-36-31-14-6-3-10-24(31)32(21)25)17-30(26)34(27)28-12-5-2-9-23(28)33-29(34)13-7-15-35-33/h1-15,17-19H,16H2. The van der Waals surface area contributed by atoms with E-state index >= 15 is 0 Å². The Balaban J connectivity index is 1.43. The summed E-state index contributed by atoms with van der Waals surface area (Å²) in [6, 6.07) is 35.7. The van der Waals surface area contributed by atoms with Crippen LogP contribution >= 0.6 is 0 Å². The summed E-state index contributed by atoms with van der Waals surface area (Å²) in [4.78, 5) is 9.67. The van der Waals surface area contributed by atoms with Crippen molar-refractivity contribution >= 4 is 10.9 Å². The van der Waals surface area contributed by atoms with Gasteiger partial charge >= 0.3 is 0 Å². The molecule has 9 rings (SSSR count). The van der Waals surface area contributed by atoms with Gasteiger partial charge in [0, 0.05) is 29.8 Å². The molecular weight excluding hydrogens is 436 g/mol. The maximum Gasteiger partial charge on any atom is 0.0753 e. The summed E-state index contributed by atoms with van der Waals surface area (Å²) in [6.07, 6.45) is 4.92. The molecule has 0 saturated carbocycles. The third kappa shape index (κ3) is 2.02. The fourth-order valence-electron chi connectivity index (χ4n) is 7.25. The molecule has 3 aliphatic carbocycles. The van der Waals surface area contributed by atoms with Crippen LogP contribution < -0.4 is 0 Å². The lowest BCUT2D eigenvalue weighted by molar-refractivity contribution is 0.790. The summed E-state index contributed by atoms with van der Waals surface area (Å²) in [5, 5.41) is 1.25. The number of hydrogen-bond acceptors (Lipinski definition) is 2. The summed E-state index contributed by atoms with van der Waals surface area (Å²) >= 11 is 0. The Bertz CT molecular complexity index is 1890. The zero-order valence-electron chi connectivity index (χ0n) is 19.5. The normalized spacial score (nSPS) is 17.4. The van der Waals surface area contributed by atoms with E-state index in [0.717, 1.165) is 17.6 Å². The van der Waals surface area contributed by atoms with E-state index in [-0.39, 0.29) is 5.41 Å². The summed E-state index contributed by atoms with van der Waals surface area (Å²) in [5.41, 5.74) is 16.5. The molecule has 1 unspecified atom stereocenters. The topological polar surface area (TPSA) is 25.8 Å². The lowest BCUT2D eigenvalue weighted by atomic mass is 9.70. The highest BCUT2D eigenvalue weighted by Gasteiger charge is 2.52. The van der Waals surface area contributed by atoms with Gasteiger partial charge in [-0.3, -0.25) is 9.97 Å². The van der Waals surface area contributed by atoms with Crippen LogP contribution in [0.4, 0.5) is 0 Å². The first-order valence-corrected chi connectivity index (χ1v) is 12.6. The molecule has 2 heterocycles. The highest BCUT2D eigenvalue weighted by molar-refractivity contribution is 6.02. The Hall–Kier alpha value is -4.56. The van der Waals surface area contributed by atoms with Crippen LogP contribution in [-0.2, 0) is 11.8 Å². The summed E-state index contributed by atoms with van der Waals surface area (Å²) in [7, 11) is 0. The fourth-order valence-corrected chi connectivity index (χ4v) is 7.25. The van der Waals surface area contributed by atoms with E-state index in [0.29, 0.717) is 0 Å². The van der Waals surface area contributed by atoms with E-state index in [1.165, 1.54) is 66.6 Å². The van der Waals surface area contributed by atoms with Crippen molar-refractivity contribution in [3.05, 3.63) is 143 Å². The maximum absolute atomic E-state index is 4.90. The lowest BCUT2D eigenvalue weighted by Gasteiger charge is -2.30. The molecule has 2 nitrogen and oxygen atoms in total. The molecule has 0 saturated heterocycles. The minimum Gasteiger partial charge on any atom is -0.256 e. The number of pyridine rings is 2. The molecule has 3 aliphatic rings. The third-order valence-corrected chi connectivity index (χ3v) is 8.57. The highest BCUT2D eigenvalue weighted by Crippen LogP contribution is 2.63. The second-order valence-electron chi connectivity index (χ2n) is 10.1. The van der Waals surface area contributed by atoms with Gasteiger partial charge in [0.25, 0.3) is 0 Å². The van der Waals surface area contributed by atoms with Gasteiger partial charge in [-0.1, -0.05) is 78.9 Å². The predicted molar refractivity (Wildman–Crippen MR) is 144 cm³/mol. The first kappa shape index (κ1) is 18.7. The van der Waals surface area contributed by atoms with E-state index in [4.69, 9.17) is 9.97 Å². The highest BCUT2D eigenvalue weighted by atomic mass is 14.7. The zero-order valence-corrected chi connectivity index (χ0v) is 19.5. The molecular formula is C34H20N2. The molecule has 2 aromatic heterocycles. The first-order chi connectivity index (χ1) is 17.9. The predicted octanol–water partition coefficient (Wildman–Crippen LogP) is 7.54. The number of hydrogen-bond donors (Lipinski definition) is 0. The van der Waals surface area contributed by atoms with Crippen LogP contribution in [0.2, 0.25) is 0 Å². The number of nitrogens with zero attached hydrogens (tertiary/aromatic N) is 2. The summed E-state index contributed by atoms with van der Waals surface area (Å²) < 4.78 is 0. The fraction of sp³-hybridized carbons (Fsp3) is 0.0588. The zero-order chi connectivity index (χ0) is 23.4. The van der Waals surface area contributed by atoms with Crippen molar-refractivity contribution in [2.75, 3.05) is 0 Å². The molecule has 0 aliphatic heterocycles. The molecule has 0 N–H and O–H groups in total. The van der Waals surface area contributed by atoms with Crippen molar-refractivity contribution in [2.24, 2.45) is 0 Å². The van der Waals surface area contributed by atoms with E-state index in [1.807, 2.05) is 6.20 Å². The van der Waals surface area contributed by atoms with Gasteiger partial charge in [0.2, 0.25) is 0 Å². The van der Waals surface area contributed by atoms with Gasteiger partial charge in [-0.2, -0.15) is 0 Å². The SMILES string of the molecule is c1ccc2c(c1)-c1cc3c(cc1C21c2ccccc2-c2ncccc21)Cc1cnc2ccccc2c1-3. The van der Waals surface area contributed by atoms with E-state index in [9.17, 15) is 0 Å². The average Bonchev–Trinajstić information content (AvgIpc) is 3.55. The molecule has 0 amide bonds. The smallest absolute Gasteiger partial charge is 0.0753 e. The van der Waals surface area contributed by atoms with Crippen LogP contribution in [-0.4, -0.2) is 9.97 Å². The molecule has 1 spiro atoms. The largest absolute Gasteiger partial charge is 0.256 e. The van der Waals surface area contributed by atoms with Gasteiger partial charge in [-0.25, -0.2) is 0 Å². The first-order valence-electron chi connectivity index (χ1n) is 12.6. The van der Waals surface area contributed by atoms with Crippen LogP contribution in [0.5, 0.6) is 0 Å². The summed E-state index contributed by atoms with van der Waals surface area (Å²) in [6.45, 7) is 0. The van der Waals surface area contributed by atoms with Crippen molar-refractivity contribution in [1.82, 2.24) is 9.97 Å². The molecule has 6 aromatic rings. The van der Waals surface area contributed by atoms with Crippen LogP contribution in [0.1, 0.15) is 33.4 Å². The van der Waals surface area contributed by atoms with Gasteiger partial charge in [0.1, 0.15) is 0 Å². The third-order valence-electron chi connectivity index (χ3n) is 8.57. The molecule has 0 fully saturated rings. The van der Waals surface area contributed by atoms with Gasteiger partial charge in [-0.15, -0.1) is 0 Å². The quantitative estimate of drug-likeness (QED) is 0.235. The van der Waals surface area contributed by atoms with Crippen LogP contribution in [0, 0.1) is 0 Å². The molecule has 1 atom stereocenters. The van der Waals surface area contributed by atoms with Gasteiger partial charge in [0.15, 0.2) is 0 Å². The van der Waals surface area contributed by atoms with Crippen LogP contribution in [0.25, 0.3) is 44.4 Å². The van der Waals surface area contributed by atoms with Gasteiger partial charge in [-0.05, 0) is 73.8 Å². The van der Waals surface area contributed by atoms with Crippen molar-refractivity contribution < 1.29 is 0 Å². The Labute approximate surface area is 208 Å².